The zero-order chi connectivity index (χ0) is 15.4. The number of methoxy groups -OCH3 is 1. The Kier molecular flexibility index (Phi) is 5.27. The first-order chi connectivity index (χ1) is 10.1. The lowest BCUT2D eigenvalue weighted by atomic mass is 9.87. The first-order valence-electron chi connectivity index (χ1n) is 6.94. The van der Waals surface area contributed by atoms with E-state index in [1.807, 2.05) is 0 Å². The molecule has 0 aromatic rings. The molecule has 8 heteroatoms. The van der Waals surface area contributed by atoms with Crippen LogP contribution < -0.4 is 10.6 Å². The van der Waals surface area contributed by atoms with Crippen LogP contribution in [0.3, 0.4) is 0 Å². The first-order valence-corrected chi connectivity index (χ1v) is 6.94. The average molecular weight is 300 g/mol. The van der Waals surface area contributed by atoms with E-state index in [2.05, 4.69) is 10.6 Å². The van der Waals surface area contributed by atoms with Crippen molar-refractivity contribution in [3.63, 3.8) is 0 Å². The number of aliphatic hydroxyl groups excluding tert-OH is 1. The molecule has 8 nitrogen and oxygen atoms in total. The van der Waals surface area contributed by atoms with Gasteiger partial charge in [0.2, 0.25) is 5.91 Å². The number of hydrogen-bond donors (Lipinski definition) is 3. The quantitative estimate of drug-likeness (QED) is 0.317. The Balaban J connectivity index is 2.22. The van der Waals surface area contributed by atoms with Gasteiger partial charge >= 0.3 is 5.97 Å². The van der Waals surface area contributed by atoms with Crippen LogP contribution in [0, 0.1) is 0 Å². The van der Waals surface area contributed by atoms with E-state index in [0.717, 1.165) is 0 Å². The minimum atomic E-state index is -1.01. The Hall–Kier alpha value is -1.51. The smallest absolute Gasteiger partial charge is 0.329 e. The van der Waals surface area contributed by atoms with Gasteiger partial charge in [-0.25, -0.2) is 4.79 Å². The summed E-state index contributed by atoms with van der Waals surface area (Å²) in [5.74, 6) is -1.11. The van der Waals surface area contributed by atoms with Gasteiger partial charge in [0.25, 0.3) is 0 Å². The average Bonchev–Trinajstić information content (AvgIpc) is 2.48. The van der Waals surface area contributed by atoms with Gasteiger partial charge in [-0.3, -0.25) is 4.79 Å². The molecule has 3 rings (SSSR count). The number of aldehydes is 1. The fraction of sp³-hybridized carbons (Fsp3) is 0.769. The normalized spacial score (nSPS) is 37.3. The molecule has 1 amide bonds. The van der Waals surface area contributed by atoms with Gasteiger partial charge < -0.3 is 30.0 Å². The lowest BCUT2D eigenvalue weighted by Gasteiger charge is -2.39. The second-order valence-electron chi connectivity index (χ2n) is 5.25. The second-order valence-corrected chi connectivity index (χ2v) is 5.25. The summed E-state index contributed by atoms with van der Waals surface area (Å²) < 4.78 is 10.6. The molecule has 3 aliphatic rings. The highest BCUT2D eigenvalue weighted by atomic mass is 16.6. The molecular weight excluding hydrogens is 280 g/mol. The Bertz CT molecular complexity index is 415. The molecule has 5 unspecified atom stereocenters. The van der Waals surface area contributed by atoms with Crippen molar-refractivity contribution in [2.45, 2.75) is 49.7 Å². The molecule has 2 aliphatic heterocycles. The van der Waals surface area contributed by atoms with E-state index >= 15 is 0 Å². The molecule has 0 spiro atoms. The molecule has 2 heterocycles. The summed E-state index contributed by atoms with van der Waals surface area (Å²) in [4.78, 5) is 34.5. The monoisotopic (exact) mass is 300 g/mol. The maximum absolute atomic E-state index is 12.1. The minimum Gasteiger partial charge on any atom is -0.458 e. The van der Waals surface area contributed by atoms with Crippen LogP contribution in [0.5, 0.6) is 0 Å². The predicted molar refractivity (Wildman–Crippen MR) is 70.3 cm³/mol. The van der Waals surface area contributed by atoms with Gasteiger partial charge in [0, 0.05) is 19.6 Å². The summed E-state index contributed by atoms with van der Waals surface area (Å²) in [6, 6.07) is -1.32. The van der Waals surface area contributed by atoms with E-state index in [1.54, 1.807) is 0 Å². The number of carbonyl (C=O) groups is 3. The highest BCUT2D eigenvalue weighted by Gasteiger charge is 2.42. The van der Waals surface area contributed by atoms with Crippen LogP contribution in [-0.2, 0) is 23.9 Å². The number of rotatable bonds is 3. The lowest BCUT2D eigenvalue weighted by Crippen LogP contribution is -2.56. The molecule has 21 heavy (non-hydrogen) atoms. The van der Waals surface area contributed by atoms with Gasteiger partial charge in [0.15, 0.2) is 0 Å². The van der Waals surface area contributed by atoms with E-state index in [0.29, 0.717) is 19.1 Å². The molecule has 1 saturated carbocycles. The number of nitrogens with one attached hydrogen (secondary N) is 2. The number of amides is 1. The number of esters is 1. The summed E-state index contributed by atoms with van der Waals surface area (Å²) in [5, 5.41) is 15.6. The van der Waals surface area contributed by atoms with Gasteiger partial charge in [-0.1, -0.05) is 0 Å². The summed E-state index contributed by atoms with van der Waals surface area (Å²) in [6.07, 6.45) is -0.659. The topological polar surface area (TPSA) is 114 Å². The van der Waals surface area contributed by atoms with E-state index in [4.69, 9.17) is 9.47 Å². The molecular formula is C13H20N2O6. The van der Waals surface area contributed by atoms with Crippen LogP contribution in [0.15, 0.2) is 0 Å². The van der Waals surface area contributed by atoms with Crippen molar-refractivity contribution < 1.29 is 29.0 Å². The Morgan fingerprint density at radius 3 is 2.86 bits per heavy atom. The van der Waals surface area contributed by atoms with Crippen LogP contribution in [0.1, 0.15) is 19.3 Å². The molecule has 0 radical (unpaired) electrons. The molecule has 2 saturated heterocycles. The summed E-state index contributed by atoms with van der Waals surface area (Å²) in [6.45, 7) is -0.0501. The highest BCUT2D eigenvalue weighted by molar-refractivity contribution is 5.87. The van der Waals surface area contributed by atoms with Crippen LogP contribution in [-0.4, -0.2) is 67.3 Å². The van der Waals surface area contributed by atoms with E-state index < -0.39 is 36.2 Å². The van der Waals surface area contributed by atoms with Crippen molar-refractivity contribution in [2.24, 2.45) is 0 Å². The summed E-state index contributed by atoms with van der Waals surface area (Å²) >= 11 is 0. The zero-order valence-corrected chi connectivity index (χ0v) is 11.8. The van der Waals surface area contributed by atoms with Crippen molar-refractivity contribution in [2.75, 3.05) is 13.7 Å². The number of fused-ring (bicyclic) bond motifs is 8. The molecule has 2 bridgehead atoms. The Morgan fingerprint density at radius 1 is 1.43 bits per heavy atom. The number of carbonyl (C=O) groups excluding carboxylic acids is 3. The van der Waals surface area contributed by atoms with Gasteiger partial charge in [-0.05, 0) is 12.8 Å². The van der Waals surface area contributed by atoms with Crippen LogP contribution in [0.25, 0.3) is 0 Å². The van der Waals surface area contributed by atoms with Crippen LogP contribution in [0.2, 0.25) is 0 Å². The van der Waals surface area contributed by atoms with Gasteiger partial charge in [0.05, 0.1) is 12.6 Å². The third kappa shape index (κ3) is 3.58. The van der Waals surface area contributed by atoms with Gasteiger partial charge in [-0.2, -0.15) is 0 Å². The van der Waals surface area contributed by atoms with Gasteiger partial charge in [-0.15, -0.1) is 0 Å². The molecule has 1 aliphatic carbocycles. The highest BCUT2D eigenvalue weighted by Crippen LogP contribution is 2.25. The van der Waals surface area contributed by atoms with E-state index in [9.17, 15) is 19.5 Å². The minimum absolute atomic E-state index is 0.0501. The van der Waals surface area contributed by atoms with Crippen molar-refractivity contribution in [3.05, 3.63) is 0 Å². The second kappa shape index (κ2) is 6.97. The number of aliphatic hydroxyl groups is 1. The Labute approximate surface area is 122 Å². The molecule has 118 valence electrons. The van der Waals surface area contributed by atoms with Crippen molar-refractivity contribution >= 4 is 18.2 Å². The molecule has 3 N–H and O–H groups in total. The third-order valence-corrected chi connectivity index (χ3v) is 3.89. The summed E-state index contributed by atoms with van der Waals surface area (Å²) in [7, 11) is 1.43. The fourth-order valence-electron chi connectivity index (χ4n) is 2.78. The first kappa shape index (κ1) is 15.9. The lowest BCUT2D eigenvalue weighted by molar-refractivity contribution is -0.173. The van der Waals surface area contributed by atoms with Crippen LogP contribution in [0.4, 0.5) is 0 Å². The fourth-order valence-corrected chi connectivity index (χ4v) is 2.78. The summed E-state index contributed by atoms with van der Waals surface area (Å²) in [5.41, 5.74) is 0. The van der Waals surface area contributed by atoms with E-state index in [1.165, 1.54) is 7.11 Å². The van der Waals surface area contributed by atoms with Crippen molar-refractivity contribution in [1.82, 2.24) is 10.6 Å². The molecule has 0 aromatic heterocycles. The predicted octanol–water partition coefficient (Wildman–Crippen LogP) is -1.89. The third-order valence-electron chi connectivity index (χ3n) is 3.89. The number of ether oxygens (including phenoxy) is 2. The van der Waals surface area contributed by atoms with Gasteiger partial charge in [0.1, 0.15) is 24.5 Å². The maximum Gasteiger partial charge on any atom is 0.329 e. The van der Waals surface area contributed by atoms with Crippen molar-refractivity contribution in [1.29, 1.82) is 0 Å². The SMILES string of the molecule is COC1C2CCC(NCC(=O)NC(CC=O)C(=O)O2)C1O. The molecule has 0 aromatic carbocycles. The molecule has 3 fully saturated rings. The Morgan fingerprint density at radius 2 is 2.19 bits per heavy atom. The van der Waals surface area contributed by atoms with Crippen LogP contribution >= 0.6 is 0 Å². The van der Waals surface area contributed by atoms with E-state index in [-0.39, 0.29) is 19.0 Å². The van der Waals surface area contributed by atoms with Crippen molar-refractivity contribution in [3.8, 4) is 0 Å². The largest absolute Gasteiger partial charge is 0.458 e. The standard InChI is InChI=1S/C13H20N2O6/c1-20-12-9-3-2-7(11(12)18)14-6-10(17)15-8(4-5-16)13(19)21-9/h5,7-9,11-12,14,18H,2-4,6H2,1H3,(H,15,17). The number of hydrogen-bond acceptors (Lipinski definition) is 7. The zero-order valence-electron chi connectivity index (χ0n) is 11.8. The molecule has 5 atom stereocenters. The maximum atomic E-state index is 12.1.